The molecule has 1 aliphatic rings. The number of nitrogens with two attached hydrogens (primary N) is 1. The van der Waals surface area contributed by atoms with Gasteiger partial charge < -0.3 is 15.7 Å². The Balaban J connectivity index is 2.49. The van der Waals surface area contributed by atoms with E-state index in [2.05, 4.69) is 6.92 Å². The van der Waals surface area contributed by atoms with E-state index in [-0.39, 0.29) is 11.8 Å². The molecule has 0 aromatic rings. The van der Waals surface area contributed by atoms with E-state index in [4.69, 9.17) is 5.73 Å². The number of hydrogen-bond donors (Lipinski definition) is 2. The molecular formula is C12H24N2O2. The highest BCUT2D eigenvalue weighted by Crippen LogP contribution is 2.22. The molecule has 4 heteroatoms. The molecule has 1 saturated heterocycles. The fourth-order valence-electron chi connectivity index (χ4n) is 2.16. The van der Waals surface area contributed by atoms with Crippen LogP contribution in [0.25, 0.3) is 0 Å². The molecule has 0 bridgehead atoms. The van der Waals surface area contributed by atoms with E-state index in [0.717, 1.165) is 12.8 Å². The fourth-order valence-corrected chi connectivity index (χ4v) is 2.16. The Labute approximate surface area is 97.8 Å². The molecule has 94 valence electrons. The van der Waals surface area contributed by atoms with Crippen molar-refractivity contribution in [3.63, 3.8) is 0 Å². The minimum absolute atomic E-state index is 0.0342. The van der Waals surface area contributed by atoms with E-state index < -0.39 is 5.60 Å². The van der Waals surface area contributed by atoms with Crippen LogP contribution < -0.4 is 5.73 Å². The van der Waals surface area contributed by atoms with Gasteiger partial charge in [-0.3, -0.25) is 4.79 Å². The van der Waals surface area contributed by atoms with Crippen molar-refractivity contribution in [1.82, 2.24) is 4.90 Å². The minimum atomic E-state index is -0.597. The van der Waals surface area contributed by atoms with Crippen LogP contribution >= 0.6 is 0 Å². The molecule has 16 heavy (non-hydrogen) atoms. The van der Waals surface area contributed by atoms with Gasteiger partial charge in [-0.05, 0) is 26.2 Å². The second kappa shape index (κ2) is 5.64. The maximum Gasteiger partial charge on any atom is 0.226 e. The number of amides is 1. The number of nitrogens with zero attached hydrogens (tertiary/aromatic N) is 1. The fraction of sp³-hybridized carbons (Fsp3) is 0.917. The lowest BCUT2D eigenvalue weighted by molar-refractivity contribution is -0.139. The third kappa shape index (κ3) is 3.46. The molecule has 1 atom stereocenters. The summed E-state index contributed by atoms with van der Waals surface area (Å²) in [5.41, 5.74) is 5.03. The predicted molar refractivity (Wildman–Crippen MR) is 63.9 cm³/mol. The molecule has 4 nitrogen and oxygen atoms in total. The minimum Gasteiger partial charge on any atom is -0.390 e. The normalized spacial score (nSPS) is 21.9. The first kappa shape index (κ1) is 13.5. The Morgan fingerprint density at radius 2 is 2.06 bits per heavy atom. The summed E-state index contributed by atoms with van der Waals surface area (Å²) >= 11 is 0. The van der Waals surface area contributed by atoms with Crippen LogP contribution in [0.2, 0.25) is 0 Å². The first-order chi connectivity index (χ1) is 7.50. The van der Waals surface area contributed by atoms with Gasteiger partial charge in [0.2, 0.25) is 5.91 Å². The number of carbonyl (C=O) groups is 1. The van der Waals surface area contributed by atoms with Crippen LogP contribution in [0.1, 0.15) is 39.5 Å². The van der Waals surface area contributed by atoms with Crippen molar-refractivity contribution in [1.29, 1.82) is 0 Å². The standard InChI is InChI=1S/C12H24N2O2/c1-3-4-10(9-13)11(15)14-7-5-12(2,16)6-8-14/h10,16H,3-9,13H2,1-2H3. The SMILES string of the molecule is CCCC(CN)C(=O)N1CCC(C)(O)CC1. The smallest absolute Gasteiger partial charge is 0.226 e. The van der Waals surface area contributed by atoms with Crippen molar-refractivity contribution in [3.05, 3.63) is 0 Å². The molecule has 0 spiro atoms. The summed E-state index contributed by atoms with van der Waals surface area (Å²) in [5.74, 6) is 0.132. The van der Waals surface area contributed by atoms with Crippen molar-refractivity contribution in [2.45, 2.75) is 45.1 Å². The Morgan fingerprint density at radius 1 is 1.50 bits per heavy atom. The van der Waals surface area contributed by atoms with Gasteiger partial charge in [0.25, 0.3) is 0 Å². The quantitative estimate of drug-likeness (QED) is 0.745. The Bertz CT molecular complexity index is 231. The number of rotatable bonds is 4. The molecule has 0 aliphatic carbocycles. The van der Waals surface area contributed by atoms with Crippen molar-refractivity contribution in [2.75, 3.05) is 19.6 Å². The van der Waals surface area contributed by atoms with E-state index in [1.165, 1.54) is 0 Å². The number of carbonyl (C=O) groups excluding carboxylic acids is 1. The van der Waals surface area contributed by atoms with Gasteiger partial charge >= 0.3 is 0 Å². The molecule has 1 rings (SSSR count). The summed E-state index contributed by atoms with van der Waals surface area (Å²) in [6.45, 7) is 5.65. The van der Waals surface area contributed by atoms with Crippen LogP contribution in [-0.4, -0.2) is 41.1 Å². The number of aliphatic hydroxyl groups is 1. The molecule has 1 fully saturated rings. The third-order valence-electron chi connectivity index (χ3n) is 3.42. The van der Waals surface area contributed by atoms with Gasteiger partial charge in [0.1, 0.15) is 0 Å². The van der Waals surface area contributed by atoms with E-state index >= 15 is 0 Å². The highest BCUT2D eigenvalue weighted by molar-refractivity contribution is 5.79. The zero-order valence-electron chi connectivity index (χ0n) is 10.4. The van der Waals surface area contributed by atoms with Crippen LogP contribution in [0.15, 0.2) is 0 Å². The average molecular weight is 228 g/mol. The summed E-state index contributed by atoms with van der Waals surface area (Å²) in [4.78, 5) is 13.9. The zero-order valence-corrected chi connectivity index (χ0v) is 10.4. The highest BCUT2D eigenvalue weighted by atomic mass is 16.3. The topological polar surface area (TPSA) is 66.6 Å². The largest absolute Gasteiger partial charge is 0.390 e. The number of likely N-dealkylation sites (tertiary alicyclic amines) is 1. The highest BCUT2D eigenvalue weighted by Gasteiger charge is 2.31. The van der Waals surface area contributed by atoms with E-state index in [9.17, 15) is 9.90 Å². The van der Waals surface area contributed by atoms with Gasteiger partial charge in [-0.25, -0.2) is 0 Å². The molecule has 0 radical (unpaired) electrons. The van der Waals surface area contributed by atoms with E-state index in [1.54, 1.807) is 0 Å². The first-order valence-corrected chi connectivity index (χ1v) is 6.21. The van der Waals surface area contributed by atoms with Crippen LogP contribution in [0.3, 0.4) is 0 Å². The van der Waals surface area contributed by atoms with Crippen LogP contribution in [0.4, 0.5) is 0 Å². The van der Waals surface area contributed by atoms with Crippen molar-refractivity contribution in [3.8, 4) is 0 Å². The molecule has 0 aromatic carbocycles. The number of hydrogen-bond acceptors (Lipinski definition) is 3. The average Bonchev–Trinajstić information content (AvgIpc) is 2.25. The summed E-state index contributed by atoms with van der Waals surface area (Å²) < 4.78 is 0. The molecule has 1 heterocycles. The number of piperidine rings is 1. The van der Waals surface area contributed by atoms with Crippen molar-refractivity contribution in [2.24, 2.45) is 11.7 Å². The van der Waals surface area contributed by atoms with Crippen LogP contribution in [0, 0.1) is 5.92 Å². The van der Waals surface area contributed by atoms with Crippen LogP contribution in [0.5, 0.6) is 0 Å². The Hall–Kier alpha value is -0.610. The van der Waals surface area contributed by atoms with Crippen molar-refractivity contribution >= 4 is 5.91 Å². The summed E-state index contributed by atoms with van der Waals surface area (Å²) in [7, 11) is 0. The molecule has 3 N–H and O–H groups in total. The van der Waals surface area contributed by atoms with Gasteiger partial charge in [-0.15, -0.1) is 0 Å². The molecule has 1 unspecified atom stereocenters. The van der Waals surface area contributed by atoms with Gasteiger partial charge in [0.05, 0.1) is 11.5 Å². The monoisotopic (exact) mass is 228 g/mol. The Morgan fingerprint density at radius 3 is 2.50 bits per heavy atom. The zero-order chi connectivity index (χ0) is 12.2. The molecule has 0 aromatic heterocycles. The second-order valence-electron chi connectivity index (χ2n) is 5.04. The predicted octanol–water partition coefficient (Wildman–Crippen LogP) is 0.735. The maximum absolute atomic E-state index is 12.1. The molecule has 0 saturated carbocycles. The summed E-state index contributed by atoms with van der Waals surface area (Å²) in [6.07, 6.45) is 3.19. The second-order valence-corrected chi connectivity index (χ2v) is 5.04. The van der Waals surface area contributed by atoms with Crippen LogP contribution in [-0.2, 0) is 4.79 Å². The van der Waals surface area contributed by atoms with E-state index in [1.807, 2.05) is 11.8 Å². The summed E-state index contributed by atoms with van der Waals surface area (Å²) in [6, 6.07) is 0. The van der Waals surface area contributed by atoms with Crippen molar-refractivity contribution < 1.29 is 9.90 Å². The lowest BCUT2D eigenvalue weighted by atomic mass is 9.92. The Kier molecular flexibility index (Phi) is 4.74. The van der Waals surface area contributed by atoms with Gasteiger partial charge in [0, 0.05) is 19.6 Å². The maximum atomic E-state index is 12.1. The first-order valence-electron chi connectivity index (χ1n) is 6.21. The van der Waals surface area contributed by atoms with Gasteiger partial charge in [-0.2, -0.15) is 0 Å². The third-order valence-corrected chi connectivity index (χ3v) is 3.42. The molecular weight excluding hydrogens is 204 g/mol. The van der Waals surface area contributed by atoms with Gasteiger partial charge in [0.15, 0.2) is 0 Å². The lowest BCUT2D eigenvalue weighted by Crippen LogP contribution is -2.48. The molecule has 1 amide bonds. The lowest BCUT2D eigenvalue weighted by Gasteiger charge is -2.37. The van der Waals surface area contributed by atoms with E-state index in [0.29, 0.717) is 32.5 Å². The molecule has 1 aliphatic heterocycles. The summed E-state index contributed by atoms with van der Waals surface area (Å²) in [5, 5.41) is 9.81. The van der Waals surface area contributed by atoms with Gasteiger partial charge in [-0.1, -0.05) is 13.3 Å².